The van der Waals surface area contributed by atoms with Gasteiger partial charge in [0.15, 0.2) is 5.76 Å². The van der Waals surface area contributed by atoms with E-state index in [1.54, 1.807) is 0 Å². The molecule has 1 saturated heterocycles. The number of hydrogen-bond donors (Lipinski definition) is 1. The van der Waals surface area contributed by atoms with E-state index in [9.17, 15) is 4.79 Å². The predicted molar refractivity (Wildman–Crippen MR) is 61.3 cm³/mol. The van der Waals surface area contributed by atoms with Gasteiger partial charge >= 0.3 is 0 Å². The van der Waals surface area contributed by atoms with E-state index in [0.717, 1.165) is 37.3 Å². The van der Waals surface area contributed by atoms with Crippen molar-refractivity contribution in [2.24, 2.45) is 5.73 Å². The molecule has 1 fully saturated rings. The molecule has 1 aromatic rings. The summed E-state index contributed by atoms with van der Waals surface area (Å²) in [5, 5.41) is 0. The van der Waals surface area contributed by atoms with Crippen molar-refractivity contribution in [3.05, 3.63) is 23.2 Å². The Kier molecular flexibility index (Phi) is 3.01. The summed E-state index contributed by atoms with van der Waals surface area (Å²) in [6, 6.07) is 2.13. The molecule has 2 rings (SSSR count). The molecule has 2 N–H and O–H groups in total. The molecule has 1 aliphatic heterocycles. The van der Waals surface area contributed by atoms with Crippen molar-refractivity contribution in [1.29, 1.82) is 0 Å². The summed E-state index contributed by atoms with van der Waals surface area (Å²) >= 11 is 0. The highest BCUT2D eigenvalue weighted by Crippen LogP contribution is 2.18. The van der Waals surface area contributed by atoms with Crippen LogP contribution in [0.2, 0.25) is 0 Å². The first kappa shape index (κ1) is 11.2. The summed E-state index contributed by atoms with van der Waals surface area (Å²) in [7, 11) is 0. The molecular weight excluding hydrogens is 204 g/mol. The van der Waals surface area contributed by atoms with Gasteiger partial charge in [-0.05, 0) is 32.8 Å². The molecule has 1 aromatic heterocycles. The molecule has 0 aromatic carbocycles. The molecule has 2 heterocycles. The van der Waals surface area contributed by atoms with E-state index in [2.05, 4.69) is 0 Å². The zero-order valence-electron chi connectivity index (χ0n) is 9.82. The molecule has 0 spiro atoms. The average Bonchev–Trinajstić information content (AvgIpc) is 2.58. The summed E-state index contributed by atoms with van der Waals surface area (Å²) in [6.45, 7) is 5.23. The minimum absolute atomic E-state index is 0.00231. The standard InChI is InChI=1S/C12H18N2O2/c1-8-7-9(2)16-11(8)12(15)14-5-3-10(13)4-6-14/h7,10H,3-6,13H2,1-2H3. The zero-order valence-corrected chi connectivity index (χ0v) is 9.82. The number of furan rings is 1. The largest absolute Gasteiger partial charge is 0.456 e. The first-order valence-electron chi connectivity index (χ1n) is 5.70. The van der Waals surface area contributed by atoms with Crippen LogP contribution in [0.5, 0.6) is 0 Å². The van der Waals surface area contributed by atoms with E-state index in [4.69, 9.17) is 10.2 Å². The van der Waals surface area contributed by atoms with Gasteiger partial charge in [0.2, 0.25) is 0 Å². The molecule has 0 unspecified atom stereocenters. The number of carbonyl (C=O) groups excluding carboxylic acids is 1. The molecule has 88 valence electrons. The number of amides is 1. The SMILES string of the molecule is Cc1cc(C)c(C(=O)N2CCC(N)CC2)o1. The lowest BCUT2D eigenvalue weighted by Gasteiger charge is -2.29. The lowest BCUT2D eigenvalue weighted by atomic mass is 10.1. The van der Waals surface area contributed by atoms with Crippen LogP contribution in [-0.2, 0) is 0 Å². The van der Waals surface area contributed by atoms with E-state index in [1.807, 2.05) is 24.8 Å². The molecule has 0 saturated carbocycles. The summed E-state index contributed by atoms with van der Waals surface area (Å²) in [6.07, 6.45) is 1.76. The van der Waals surface area contributed by atoms with Gasteiger partial charge in [0.1, 0.15) is 5.76 Å². The lowest BCUT2D eigenvalue weighted by molar-refractivity contribution is 0.0680. The quantitative estimate of drug-likeness (QED) is 0.782. The van der Waals surface area contributed by atoms with Gasteiger partial charge < -0.3 is 15.1 Å². The van der Waals surface area contributed by atoms with Crippen molar-refractivity contribution in [3.63, 3.8) is 0 Å². The molecule has 0 aliphatic carbocycles. The second kappa shape index (κ2) is 4.29. The smallest absolute Gasteiger partial charge is 0.289 e. The van der Waals surface area contributed by atoms with Gasteiger partial charge in [-0.1, -0.05) is 0 Å². The summed E-state index contributed by atoms with van der Waals surface area (Å²) in [5.74, 6) is 1.26. The van der Waals surface area contributed by atoms with Crippen LogP contribution in [0.3, 0.4) is 0 Å². The minimum atomic E-state index is -0.00231. The zero-order chi connectivity index (χ0) is 11.7. The first-order valence-corrected chi connectivity index (χ1v) is 5.70. The third-order valence-corrected chi connectivity index (χ3v) is 3.06. The van der Waals surface area contributed by atoms with E-state index in [1.165, 1.54) is 0 Å². The Morgan fingerprint density at radius 1 is 1.44 bits per heavy atom. The third kappa shape index (κ3) is 2.11. The Hall–Kier alpha value is -1.29. The summed E-state index contributed by atoms with van der Waals surface area (Å²) in [4.78, 5) is 14.0. The lowest BCUT2D eigenvalue weighted by Crippen LogP contribution is -2.42. The Morgan fingerprint density at radius 2 is 2.06 bits per heavy atom. The second-order valence-electron chi connectivity index (χ2n) is 4.50. The second-order valence-corrected chi connectivity index (χ2v) is 4.50. The maximum atomic E-state index is 12.1. The van der Waals surface area contributed by atoms with Crippen LogP contribution < -0.4 is 5.73 Å². The number of likely N-dealkylation sites (tertiary alicyclic amines) is 1. The number of piperidine rings is 1. The Bertz CT molecular complexity index is 390. The van der Waals surface area contributed by atoms with Crippen LogP contribution >= 0.6 is 0 Å². The number of carbonyl (C=O) groups is 1. The molecule has 4 nitrogen and oxygen atoms in total. The van der Waals surface area contributed by atoms with E-state index < -0.39 is 0 Å². The molecule has 1 amide bonds. The van der Waals surface area contributed by atoms with Gasteiger partial charge in [-0.25, -0.2) is 0 Å². The van der Waals surface area contributed by atoms with Gasteiger partial charge in [-0.3, -0.25) is 4.79 Å². The molecule has 4 heteroatoms. The van der Waals surface area contributed by atoms with Crippen LogP contribution in [0.15, 0.2) is 10.5 Å². The van der Waals surface area contributed by atoms with Gasteiger partial charge in [-0.2, -0.15) is 0 Å². The van der Waals surface area contributed by atoms with Crippen molar-refractivity contribution in [2.45, 2.75) is 32.7 Å². The highest BCUT2D eigenvalue weighted by Gasteiger charge is 2.25. The fraction of sp³-hybridized carbons (Fsp3) is 0.583. The van der Waals surface area contributed by atoms with Crippen molar-refractivity contribution < 1.29 is 9.21 Å². The predicted octanol–water partition coefficient (Wildman–Crippen LogP) is 1.46. The van der Waals surface area contributed by atoms with E-state index in [0.29, 0.717) is 5.76 Å². The van der Waals surface area contributed by atoms with Crippen molar-refractivity contribution in [3.8, 4) is 0 Å². The number of nitrogens with two attached hydrogens (primary N) is 1. The maximum absolute atomic E-state index is 12.1. The van der Waals surface area contributed by atoms with E-state index >= 15 is 0 Å². The van der Waals surface area contributed by atoms with E-state index in [-0.39, 0.29) is 11.9 Å². The molecule has 0 atom stereocenters. The van der Waals surface area contributed by atoms with Crippen LogP contribution in [-0.4, -0.2) is 29.9 Å². The van der Waals surface area contributed by atoms with Crippen LogP contribution in [0.1, 0.15) is 34.7 Å². The van der Waals surface area contributed by atoms with Crippen LogP contribution in [0.4, 0.5) is 0 Å². The topological polar surface area (TPSA) is 59.5 Å². The van der Waals surface area contributed by atoms with Crippen LogP contribution in [0.25, 0.3) is 0 Å². The van der Waals surface area contributed by atoms with Gasteiger partial charge in [-0.15, -0.1) is 0 Å². The normalized spacial score (nSPS) is 17.8. The third-order valence-electron chi connectivity index (χ3n) is 3.06. The highest BCUT2D eigenvalue weighted by molar-refractivity contribution is 5.93. The van der Waals surface area contributed by atoms with Gasteiger partial charge in [0.25, 0.3) is 5.91 Å². The van der Waals surface area contributed by atoms with Crippen LogP contribution in [0, 0.1) is 13.8 Å². The van der Waals surface area contributed by atoms with Crippen molar-refractivity contribution in [2.75, 3.05) is 13.1 Å². The van der Waals surface area contributed by atoms with Gasteiger partial charge in [0.05, 0.1) is 0 Å². The Balaban J connectivity index is 2.10. The summed E-state index contributed by atoms with van der Waals surface area (Å²) < 4.78 is 5.43. The molecule has 0 radical (unpaired) electrons. The van der Waals surface area contributed by atoms with Crippen molar-refractivity contribution in [1.82, 2.24) is 4.90 Å². The fourth-order valence-electron chi connectivity index (χ4n) is 2.10. The number of nitrogens with zero attached hydrogens (tertiary/aromatic N) is 1. The number of rotatable bonds is 1. The number of aryl methyl sites for hydroxylation is 2. The maximum Gasteiger partial charge on any atom is 0.289 e. The first-order chi connectivity index (χ1) is 7.58. The average molecular weight is 222 g/mol. The molecule has 16 heavy (non-hydrogen) atoms. The van der Waals surface area contributed by atoms with Gasteiger partial charge in [0, 0.05) is 24.7 Å². The summed E-state index contributed by atoms with van der Waals surface area (Å²) in [5.41, 5.74) is 6.72. The fourth-order valence-corrected chi connectivity index (χ4v) is 2.10. The number of hydrogen-bond acceptors (Lipinski definition) is 3. The minimum Gasteiger partial charge on any atom is -0.456 e. The Labute approximate surface area is 95.4 Å². The Morgan fingerprint density at radius 3 is 2.56 bits per heavy atom. The monoisotopic (exact) mass is 222 g/mol. The molecular formula is C12H18N2O2. The molecule has 0 bridgehead atoms. The van der Waals surface area contributed by atoms with Crippen molar-refractivity contribution >= 4 is 5.91 Å². The molecule has 1 aliphatic rings. The highest BCUT2D eigenvalue weighted by atomic mass is 16.4.